The number of hydrogen-bond acceptors (Lipinski definition) is 1. The van der Waals surface area contributed by atoms with Gasteiger partial charge in [0.15, 0.2) is 0 Å². The van der Waals surface area contributed by atoms with Crippen molar-refractivity contribution < 1.29 is 21.2 Å². The summed E-state index contributed by atoms with van der Waals surface area (Å²) in [5.74, 6) is 0. The quantitative estimate of drug-likeness (QED) is 0.379. The molecule has 0 aliphatic carbocycles. The fourth-order valence-electron chi connectivity index (χ4n) is 0.772. The van der Waals surface area contributed by atoms with Crippen LogP contribution in [0.25, 0.3) is 0 Å². The molecular weight excluding hydrogens is 364 g/mol. The molecule has 0 amide bonds. The zero-order valence-corrected chi connectivity index (χ0v) is 10.8. The van der Waals surface area contributed by atoms with Gasteiger partial charge in [0.1, 0.15) is 0 Å². The number of nitrogens with zero attached hydrogens (tertiary/aromatic N) is 1. The molecule has 0 fully saturated rings. The Bertz CT molecular complexity index is 218. The van der Waals surface area contributed by atoms with E-state index in [4.69, 9.17) is 0 Å². The third-order valence-corrected chi connectivity index (χ3v) is 3.92. The number of anilines is 1. The first-order valence-corrected chi connectivity index (χ1v) is 7.43. The van der Waals surface area contributed by atoms with Gasteiger partial charge in [-0.3, -0.25) is 0 Å². The van der Waals surface area contributed by atoms with E-state index < -0.39 is 0 Å². The molecule has 0 heterocycles. The monoisotopic (exact) mass is 374 g/mol. The summed E-state index contributed by atoms with van der Waals surface area (Å²) in [4.78, 5) is 2.28. The number of rotatable bonds is 2. The summed E-state index contributed by atoms with van der Waals surface area (Å²) in [7, 11) is 2.05. The molecule has 0 radical (unpaired) electrons. The standard InChI is InChI=1S/C8H10I2N/c1-10-7-3-5-8(6-4-7)11(2)9/h3-6H,1-2H3/q-1. The summed E-state index contributed by atoms with van der Waals surface area (Å²) in [5.41, 5.74) is 1.27. The van der Waals surface area contributed by atoms with E-state index in [0.29, 0.717) is 0 Å². The minimum absolute atomic E-state index is 0.256. The summed E-state index contributed by atoms with van der Waals surface area (Å²) in [5, 5.41) is 0. The van der Waals surface area contributed by atoms with Crippen LogP contribution in [0.15, 0.2) is 24.3 Å². The van der Waals surface area contributed by atoms with Gasteiger partial charge < -0.3 is 0 Å². The summed E-state index contributed by atoms with van der Waals surface area (Å²) in [6, 6.07) is 8.78. The molecule has 11 heavy (non-hydrogen) atoms. The first-order valence-electron chi connectivity index (χ1n) is 3.23. The van der Waals surface area contributed by atoms with Crippen LogP contribution in [0.3, 0.4) is 0 Å². The minimum atomic E-state index is 0.256. The van der Waals surface area contributed by atoms with E-state index in [1.54, 1.807) is 0 Å². The van der Waals surface area contributed by atoms with E-state index in [0.717, 1.165) is 0 Å². The molecular formula is C8H10I2N-. The van der Waals surface area contributed by atoms with Crippen molar-refractivity contribution in [2.45, 2.75) is 0 Å². The van der Waals surface area contributed by atoms with Crippen LogP contribution in [0.4, 0.5) is 5.69 Å². The van der Waals surface area contributed by atoms with Gasteiger partial charge in [-0.2, -0.15) is 0 Å². The molecule has 62 valence electrons. The normalized spacial score (nSPS) is 10.1. The van der Waals surface area contributed by atoms with Crippen LogP contribution in [0, 0.1) is 3.57 Å². The van der Waals surface area contributed by atoms with Crippen LogP contribution in [-0.2, 0) is 0 Å². The van der Waals surface area contributed by atoms with Gasteiger partial charge in [-0.15, -0.1) is 0 Å². The van der Waals surface area contributed by atoms with Crippen LogP contribution >= 0.6 is 22.9 Å². The van der Waals surface area contributed by atoms with Crippen molar-refractivity contribution in [3.8, 4) is 0 Å². The Hall–Kier alpha value is 0.480. The van der Waals surface area contributed by atoms with E-state index in [9.17, 15) is 0 Å². The van der Waals surface area contributed by atoms with Crippen molar-refractivity contribution in [1.29, 1.82) is 0 Å². The van der Waals surface area contributed by atoms with Gasteiger partial charge in [0.05, 0.1) is 0 Å². The van der Waals surface area contributed by atoms with Crippen molar-refractivity contribution >= 4 is 28.6 Å². The molecule has 0 aliphatic heterocycles. The van der Waals surface area contributed by atoms with E-state index in [1.165, 1.54) is 9.26 Å². The summed E-state index contributed by atoms with van der Waals surface area (Å²) in [6.07, 6.45) is 0. The molecule has 1 aromatic carbocycles. The third-order valence-electron chi connectivity index (χ3n) is 1.40. The molecule has 0 N–H and O–H groups in total. The molecule has 1 rings (SSSR count). The van der Waals surface area contributed by atoms with Gasteiger partial charge in [-0.1, -0.05) is 0 Å². The number of alkyl halides is 1. The molecule has 0 bridgehead atoms. The molecule has 3 heteroatoms. The second-order valence-corrected chi connectivity index (χ2v) is 5.91. The fraction of sp³-hybridized carbons (Fsp3) is 0.250. The molecule has 0 aliphatic rings. The third kappa shape index (κ3) is 2.77. The number of benzene rings is 1. The second-order valence-electron chi connectivity index (χ2n) is 2.14. The van der Waals surface area contributed by atoms with Crippen LogP contribution in [-0.4, -0.2) is 12.0 Å². The maximum absolute atomic E-state index is 2.28. The predicted octanol–water partition coefficient (Wildman–Crippen LogP) is -0.639. The second kappa shape index (κ2) is 4.49. The Kier molecular flexibility index (Phi) is 3.91. The van der Waals surface area contributed by atoms with E-state index >= 15 is 0 Å². The Balaban J connectivity index is 2.83. The van der Waals surface area contributed by atoms with Gasteiger partial charge in [0, 0.05) is 0 Å². The zero-order valence-electron chi connectivity index (χ0n) is 6.51. The zero-order chi connectivity index (χ0) is 8.27. The Morgan fingerprint density at radius 1 is 1.27 bits per heavy atom. The molecule has 1 nitrogen and oxygen atoms in total. The van der Waals surface area contributed by atoms with Crippen LogP contribution < -0.4 is 24.3 Å². The summed E-state index contributed by atoms with van der Waals surface area (Å²) >= 11 is 2.53. The van der Waals surface area contributed by atoms with Crippen molar-refractivity contribution in [3.63, 3.8) is 0 Å². The molecule has 0 atom stereocenters. The Labute approximate surface area is 91.9 Å². The molecule has 0 aromatic heterocycles. The van der Waals surface area contributed by atoms with Gasteiger partial charge in [0.2, 0.25) is 0 Å². The molecule has 0 unspecified atom stereocenters. The van der Waals surface area contributed by atoms with Crippen molar-refractivity contribution in [1.82, 2.24) is 0 Å². The van der Waals surface area contributed by atoms with E-state index in [2.05, 4.69) is 62.2 Å². The van der Waals surface area contributed by atoms with Gasteiger partial charge in [-0.05, 0) is 0 Å². The Morgan fingerprint density at radius 3 is 2.18 bits per heavy atom. The predicted molar refractivity (Wildman–Crippen MR) is 53.5 cm³/mol. The van der Waals surface area contributed by atoms with Gasteiger partial charge in [-0.25, -0.2) is 0 Å². The van der Waals surface area contributed by atoms with Gasteiger partial charge >= 0.3 is 92.7 Å². The van der Waals surface area contributed by atoms with Crippen LogP contribution in [0.1, 0.15) is 0 Å². The molecule has 1 aromatic rings. The van der Waals surface area contributed by atoms with Gasteiger partial charge in [0.25, 0.3) is 0 Å². The molecule has 0 saturated heterocycles. The van der Waals surface area contributed by atoms with Crippen molar-refractivity contribution in [2.75, 3.05) is 15.1 Å². The first-order chi connectivity index (χ1) is 5.24. The fourth-order valence-corrected chi connectivity index (χ4v) is 2.17. The summed E-state index contributed by atoms with van der Waals surface area (Å²) < 4.78 is 3.60. The molecule has 0 spiro atoms. The van der Waals surface area contributed by atoms with E-state index in [-0.39, 0.29) is 21.2 Å². The number of hydrogen-bond donors (Lipinski definition) is 0. The maximum atomic E-state index is 2.28. The van der Waals surface area contributed by atoms with Crippen molar-refractivity contribution in [2.24, 2.45) is 0 Å². The number of halogens is 2. The Morgan fingerprint density at radius 2 is 1.82 bits per heavy atom. The van der Waals surface area contributed by atoms with Crippen molar-refractivity contribution in [3.05, 3.63) is 27.8 Å². The summed E-state index contributed by atoms with van der Waals surface area (Å²) in [6.45, 7) is 0. The SMILES string of the molecule is C[I-]c1ccc(N(C)I)cc1. The topological polar surface area (TPSA) is 3.24 Å². The molecule has 0 saturated carbocycles. The first kappa shape index (κ1) is 9.57. The van der Waals surface area contributed by atoms with Crippen LogP contribution in [0.5, 0.6) is 0 Å². The average molecular weight is 374 g/mol. The average Bonchev–Trinajstić information content (AvgIpc) is 2.05. The van der Waals surface area contributed by atoms with Crippen LogP contribution in [0.2, 0.25) is 0 Å². The van der Waals surface area contributed by atoms with E-state index in [1.807, 2.05) is 0 Å².